The Labute approximate surface area is 190 Å². The van der Waals surface area contributed by atoms with E-state index in [9.17, 15) is 9.59 Å². The topological polar surface area (TPSA) is 66.0 Å². The first-order chi connectivity index (χ1) is 15.7. The first kappa shape index (κ1) is 22.3. The van der Waals surface area contributed by atoms with E-state index in [2.05, 4.69) is 22.0 Å². The van der Waals surface area contributed by atoms with E-state index in [0.29, 0.717) is 12.2 Å². The SMILES string of the molecule is O=CN1CCN(Cc2ccc(OCC[C@H]3CCCCN3C(=O)c3ccncc3)cc2)CC1. The predicted molar refractivity (Wildman–Crippen MR) is 122 cm³/mol. The summed E-state index contributed by atoms with van der Waals surface area (Å²) in [6.45, 7) is 5.71. The van der Waals surface area contributed by atoms with Crippen molar-refractivity contribution >= 4 is 12.3 Å². The number of ether oxygens (including phenoxy) is 1. The highest BCUT2D eigenvalue weighted by Crippen LogP contribution is 2.23. The number of aromatic nitrogens is 1. The summed E-state index contributed by atoms with van der Waals surface area (Å²) in [6, 6.07) is 12.1. The largest absolute Gasteiger partial charge is 0.494 e. The van der Waals surface area contributed by atoms with Gasteiger partial charge in [-0.05, 0) is 49.1 Å². The van der Waals surface area contributed by atoms with Gasteiger partial charge in [0.15, 0.2) is 0 Å². The molecule has 2 aromatic rings. The molecular formula is C25H32N4O3. The standard InChI is InChI=1S/C25H32N4O3/c30-20-28-16-14-27(15-17-28)19-21-4-6-24(7-5-21)32-18-10-23-3-1-2-13-29(23)25(31)22-8-11-26-12-9-22/h4-9,11-12,20,23H,1-3,10,13-19H2/t23-/m1/s1. The first-order valence-corrected chi connectivity index (χ1v) is 11.6. The number of amides is 2. The molecule has 2 aliphatic heterocycles. The zero-order chi connectivity index (χ0) is 22.2. The summed E-state index contributed by atoms with van der Waals surface area (Å²) < 4.78 is 6.01. The molecule has 2 amide bonds. The molecule has 0 radical (unpaired) electrons. The lowest BCUT2D eigenvalue weighted by Gasteiger charge is -2.36. The van der Waals surface area contributed by atoms with Crippen molar-refractivity contribution in [1.29, 1.82) is 0 Å². The van der Waals surface area contributed by atoms with Crippen LogP contribution in [0.2, 0.25) is 0 Å². The van der Waals surface area contributed by atoms with Crippen molar-refractivity contribution < 1.29 is 14.3 Å². The number of benzene rings is 1. The Hall–Kier alpha value is -2.93. The summed E-state index contributed by atoms with van der Waals surface area (Å²) in [6.07, 6.45) is 8.34. The summed E-state index contributed by atoms with van der Waals surface area (Å²) >= 11 is 0. The fourth-order valence-corrected chi connectivity index (χ4v) is 4.52. The van der Waals surface area contributed by atoms with Crippen LogP contribution in [0, 0.1) is 0 Å². The molecule has 3 heterocycles. The molecule has 170 valence electrons. The van der Waals surface area contributed by atoms with Crippen LogP contribution in [0.1, 0.15) is 41.6 Å². The van der Waals surface area contributed by atoms with Gasteiger partial charge in [-0.2, -0.15) is 0 Å². The van der Waals surface area contributed by atoms with E-state index in [-0.39, 0.29) is 11.9 Å². The van der Waals surface area contributed by atoms with Gasteiger partial charge in [0.25, 0.3) is 5.91 Å². The molecule has 32 heavy (non-hydrogen) atoms. The van der Waals surface area contributed by atoms with Gasteiger partial charge < -0.3 is 14.5 Å². The Kier molecular flexibility index (Phi) is 7.72. The molecule has 0 spiro atoms. The summed E-state index contributed by atoms with van der Waals surface area (Å²) in [5.74, 6) is 0.956. The third-order valence-corrected chi connectivity index (χ3v) is 6.42. The molecule has 7 nitrogen and oxygen atoms in total. The third kappa shape index (κ3) is 5.85. The van der Waals surface area contributed by atoms with Gasteiger partial charge in [0, 0.05) is 69.7 Å². The maximum Gasteiger partial charge on any atom is 0.254 e. The highest BCUT2D eigenvalue weighted by molar-refractivity contribution is 5.94. The average Bonchev–Trinajstić information content (AvgIpc) is 2.86. The van der Waals surface area contributed by atoms with Gasteiger partial charge in [-0.3, -0.25) is 19.5 Å². The lowest BCUT2D eigenvalue weighted by Crippen LogP contribution is -2.45. The van der Waals surface area contributed by atoms with Crippen LogP contribution in [0.3, 0.4) is 0 Å². The van der Waals surface area contributed by atoms with Gasteiger partial charge in [-0.15, -0.1) is 0 Å². The molecule has 0 bridgehead atoms. The summed E-state index contributed by atoms with van der Waals surface area (Å²) in [5, 5.41) is 0. The number of pyridine rings is 1. The Morgan fingerprint density at radius 3 is 2.47 bits per heavy atom. The third-order valence-electron chi connectivity index (χ3n) is 6.42. The van der Waals surface area contributed by atoms with Gasteiger partial charge in [0.1, 0.15) is 5.75 Å². The van der Waals surface area contributed by atoms with Crippen LogP contribution in [0.25, 0.3) is 0 Å². The normalized spacial score (nSPS) is 19.6. The molecule has 7 heteroatoms. The molecule has 2 saturated heterocycles. The highest BCUT2D eigenvalue weighted by Gasteiger charge is 2.27. The number of hydrogen-bond donors (Lipinski definition) is 0. The Morgan fingerprint density at radius 2 is 1.75 bits per heavy atom. The summed E-state index contributed by atoms with van der Waals surface area (Å²) in [7, 11) is 0. The maximum absolute atomic E-state index is 12.9. The van der Waals surface area contributed by atoms with Crippen molar-refractivity contribution in [2.24, 2.45) is 0 Å². The van der Waals surface area contributed by atoms with E-state index in [1.165, 1.54) is 5.56 Å². The first-order valence-electron chi connectivity index (χ1n) is 11.6. The van der Waals surface area contributed by atoms with E-state index in [1.54, 1.807) is 24.5 Å². The summed E-state index contributed by atoms with van der Waals surface area (Å²) in [5.41, 5.74) is 1.95. The number of nitrogens with zero attached hydrogens (tertiary/aromatic N) is 4. The Morgan fingerprint density at radius 1 is 1.00 bits per heavy atom. The van der Waals surface area contributed by atoms with Crippen molar-refractivity contribution in [3.63, 3.8) is 0 Å². The van der Waals surface area contributed by atoms with Crippen molar-refractivity contribution in [3.8, 4) is 5.75 Å². The lowest BCUT2D eigenvalue weighted by atomic mass is 9.98. The minimum absolute atomic E-state index is 0.0930. The van der Waals surface area contributed by atoms with Gasteiger partial charge in [0.05, 0.1) is 6.61 Å². The monoisotopic (exact) mass is 436 g/mol. The number of piperazine rings is 1. The van der Waals surface area contributed by atoms with Crippen LogP contribution in [-0.4, -0.2) is 77.4 Å². The molecule has 0 aliphatic carbocycles. The molecule has 1 aromatic heterocycles. The highest BCUT2D eigenvalue weighted by atomic mass is 16.5. The van der Waals surface area contributed by atoms with Crippen molar-refractivity contribution in [2.75, 3.05) is 39.3 Å². The molecule has 0 saturated carbocycles. The van der Waals surface area contributed by atoms with E-state index in [0.717, 1.165) is 77.1 Å². The minimum atomic E-state index is 0.0930. The number of carbonyl (C=O) groups is 2. The van der Waals surface area contributed by atoms with Crippen LogP contribution < -0.4 is 4.74 Å². The van der Waals surface area contributed by atoms with Crippen LogP contribution in [-0.2, 0) is 11.3 Å². The molecule has 2 aliphatic rings. The Balaban J connectivity index is 1.24. The van der Waals surface area contributed by atoms with Gasteiger partial charge in [-0.25, -0.2) is 0 Å². The van der Waals surface area contributed by atoms with Crippen molar-refractivity contribution in [1.82, 2.24) is 19.7 Å². The number of rotatable bonds is 8. The zero-order valence-electron chi connectivity index (χ0n) is 18.6. The van der Waals surface area contributed by atoms with Crippen LogP contribution >= 0.6 is 0 Å². The molecule has 4 rings (SSSR count). The van der Waals surface area contributed by atoms with Crippen LogP contribution in [0.4, 0.5) is 0 Å². The lowest BCUT2D eigenvalue weighted by molar-refractivity contribution is -0.119. The number of piperidine rings is 1. The second-order valence-corrected chi connectivity index (χ2v) is 8.58. The maximum atomic E-state index is 12.9. The van der Waals surface area contributed by atoms with E-state index >= 15 is 0 Å². The molecule has 0 unspecified atom stereocenters. The summed E-state index contributed by atoms with van der Waals surface area (Å²) in [4.78, 5) is 34.0. The van der Waals surface area contributed by atoms with E-state index in [1.807, 2.05) is 21.9 Å². The predicted octanol–water partition coefficient (Wildman–Crippen LogP) is 2.82. The average molecular weight is 437 g/mol. The fourth-order valence-electron chi connectivity index (χ4n) is 4.52. The molecule has 0 N–H and O–H groups in total. The van der Waals surface area contributed by atoms with Gasteiger partial charge in [0.2, 0.25) is 6.41 Å². The van der Waals surface area contributed by atoms with Crippen molar-refractivity contribution in [2.45, 2.75) is 38.3 Å². The quantitative estimate of drug-likeness (QED) is 0.596. The molecule has 1 aromatic carbocycles. The zero-order valence-corrected chi connectivity index (χ0v) is 18.6. The number of likely N-dealkylation sites (tertiary alicyclic amines) is 1. The van der Waals surface area contributed by atoms with E-state index in [4.69, 9.17) is 4.74 Å². The smallest absolute Gasteiger partial charge is 0.254 e. The van der Waals surface area contributed by atoms with Crippen molar-refractivity contribution in [3.05, 3.63) is 59.9 Å². The number of carbonyl (C=O) groups excluding carboxylic acids is 2. The van der Waals surface area contributed by atoms with Gasteiger partial charge >= 0.3 is 0 Å². The molecule has 2 fully saturated rings. The van der Waals surface area contributed by atoms with E-state index < -0.39 is 0 Å². The second kappa shape index (κ2) is 11.1. The van der Waals surface area contributed by atoms with Crippen LogP contribution in [0.15, 0.2) is 48.8 Å². The fraction of sp³-hybridized carbons (Fsp3) is 0.480. The second-order valence-electron chi connectivity index (χ2n) is 8.58. The van der Waals surface area contributed by atoms with Crippen LogP contribution in [0.5, 0.6) is 5.75 Å². The Bertz CT molecular complexity index is 867. The van der Waals surface area contributed by atoms with Gasteiger partial charge in [-0.1, -0.05) is 12.1 Å². The minimum Gasteiger partial charge on any atom is -0.494 e. The molecular weight excluding hydrogens is 404 g/mol. The molecule has 1 atom stereocenters. The number of hydrogen-bond acceptors (Lipinski definition) is 5.